The van der Waals surface area contributed by atoms with Crippen molar-refractivity contribution in [3.63, 3.8) is 0 Å². The largest absolute Gasteiger partial charge is 0.352 e. The fourth-order valence-electron chi connectivity index (χ4n) is 5.14. The summed E-state index contributed by atoms with van der Waals surface area (Å²) in [5, 5.41) is 4.79. The topological polar surface area (TPSA) is 69.7 Å². The summed E-state index contributed by atoms with van der Waals surface area (Å²) >= 11 is 0. The van der Waals surface area contributed by atoms with Crippen LogP contribution in [0.4, 0.5) is 10.1 Å². The number of anilines is 1. The maximum absolute atomic E-state index is 14.2. The Morgan fingerprint density at radius 3 is 2.30 bits per heavy atom. The Morgan fingerprint density at radius 1 is 0.900 bits per heavy atom. The molecule has 0 bridgehead atoms. The molecule has 0 aromatic heterocycles. The van der Waals surface area contributed by atoms with Crippen LogP contribution in [0.2, 0.25) is 0 Å². The molecule has 1 aliphatic rings. The van der Waals surface area contributed by atoms with Crippen LogP contribution in [-0.4, -0.2) is 41.2 Å². The van der Waals surface area contributed by atoms with E-state index in [1.54, 1.807) is 18.2 Å². The van der Waals surface area contributed by atoms with Crippen LogP contribution < -0.4 is 10.2 Å². The normalized spacial score (nSPS) is 13.8. The molecule has 7 heteroatoms. The molecule has 3 amide bonds. The minimum atomic E-state index is -0.843. The lowest BCUT2D eigenvalue weighted by atomic mass is 10.0. The molecule has 4 aromatic carbocycles. The van der Waals surface area contributed by atoms with Crippen LogP contribution in [0.15, 0.2) is 91.0 Å². The molecule has 0 saturated heterocycles. The highest BCUT2D eigenvalue weighted by molar-refractivity contribution is 6.26. The van der Waals surface area contributed by atoms with E-state index in [2.05, 4.69) is 5.32 Å². The minimum absolute atomic E-state index is 0.0826. The SMILES string of the molecule is CC[C@H](C)NC(=O)[C@H](Cc1ccccc1)N(Cc1ccc(F)cc1)C(=O)CN1C(=O)c2cccc3cccc1c23. The third-order valence-electron chi connectivity index (χ3n) is 7.48. The second-order valence-corrected chi connectivity index (χ2v) is 10.2. The molecule has 6 nitrogen and oxygen atoms in total. The lowest BCUT2D eigenvalue weighted by Gasteiger charge is -2.33. The number of nitrogens with one attached hydrogen (secondary N) is 1. The van der Waals surface area contributed by atoms with Gasteiger partial charge in [0.15, 0.2) is 0 Å². The van der Waals surface area contributed by atoms with Crippen LogP contribution in [-0.2, 0) is 22.6 Å². The molecule has 40 heavy (non-hydrogen) atoms. The van der Waals surface area contributed by atoms with Crippen molar-refractivity contribution in [1.29, 1.82) is 0 Å². The van der Waals surface area contributed by atoms with E-state index in [-0.39, 0.29) is 42.7 Å². The molecular weight excluding hydrogens is 505 g/mol. The number of hydrogen-bond acceptors (Lipinski definition) is 3. The van der Waals surface area contributed by atoms with Crippen molar-refractivity contribution in [2.75, 3.05) is 11.4 Å². The van der Waals surface area contributed by atoms with E-state index in [0.29, 0.717) is 23.2 Å². The molecule has 1 aliphatic heterocycles. The number of rotatable bonds is 10. The van der Waals surface area contributed by atoms with E-state index in [9.17, 15) is 18.8 Å². The minimum Gasteiger partial charge on any atom is -0.352 e. The average molecular weight is 538 g/mol. The molecule has 1 heterocycles. The first-order valence-corrected chi connectivity index (χ1v) is 13.6. The fourth-order valence-corrected chi connectivity index (χ4v) is 5.14. The Kier molecular flexibility index (Phi) is 7.91. The van der Waals surface area contributed by atoms with Gasteiger partial charge in [-0.25, -0.2) is 4.39 Å². The summed E-state index contributed by atoms with van der Waals surface area (Å²) in [6, 6.07) is 25.7. The Hall–Kier alpha value is -4.52. The molecule has 2 atom stereocenters. The van der Waals surface area contributed by atoms with E-state index in [1.165, 1.54) is 21.9 Å². The molecule has 0 saturated carbocycles. The first-order chi connectivity index (χ1) is 19.4. The maximum Gasteiger partial charge on any atom is 0.259 e. The Labute approximate surface area is 233 Å². The van der Waals surface area contributed by atoms with E-state index in [1.807, 2.05) is 74.5 Å². The zero-order valence-electron chi connectivity index (χ0n) is 22.6. The predicted molar refractivity (Wildman–Crippen MR) is 154 cm³/mol. The van der Waals surface area contributed by atoms with Gasteiger partial charge in [0.05, 0.1) is 5.69 Å². The number of halogens is 1. The summed E-state index contributed by atoms with van der Waals surface area (Å²) in [4.78, 5) is 44.3. The lowest BCUT2D eigenvalue weighted by molar-refractivity contribution is -0.140. The van der Waals surface area contributed by atoms with Gasteiger partial charge in [0, 0.05) is 30.0 Å². The Morgan fingerprint density at radius 2 is 1.60 bits per heavy atom. The van der Waals surface area contributed by atoms with E-state index in [4.69, 9.17) is 0 Å². The first-order valence-electron chi connectivity index (χ1n) is 13.6. The van der Waals surface area contributed by atoms with Crippen LogP contribution in [0.5, 0.6) is 0 Å². The molecule has 1 N–H and O–H groups in total. The van der Waals surface area contributed by atoms with Gasteiger partial charge in [-0.1, -0.05) is 73.7 Å². The number of carbonyl (C=O) groups excluding carboxylic acids is 3. The number of carbonyl (C=O) groups is 3. The van der Waals surface area contributed by atoms with Gasteiger partial charge in [0.1, 0.15) is 18.4 Å². The van der Waals surface area contributed by atoms with Gasteiger partial charge < -0.3 is 10.2 Å². The molecular formula is C33H32FN3O3. The fraction of sp³-hybridized carbons (Fsp3) is 0.242. The number of amides is 3. The van der Waals surface area contributed by atoms with Crippen LogP contribution in [0.3, 0.4) is 0 Å². The quantitative estimate of drug-likeness (QED) is 0.291. The van der Waals surface area contributed by atoms with E-state index < -0.39 is 6.04 Å². The zero-order valence-corrected chi connectivity index (χ0v) is 22.6. The molecule has 4 aromatic rings. The highest BCUT2D eigenvalue weighted by Crippen LogP contribution is 2.37. The van der Waals surface area contributed by atoms with Gasteiger partial charge in [0.2, 0.25) is 11.8 Å². The van der Waals surface area contributed by atoms with Gasteiger partial charge in [-0.2, -0.15) is 0 Å². The van der Waals surface area contributed by atoms with E-state index in [0.717, 1.165) is 22.8 Å². The smallest absolute Gasteiger partial charge is 0.259 e. The lowest BCUT2D eigenvalue weighted by Crippen LogP contribution is -2.54. The average Bonchev–Trinajstić information content (AvgIpc) is 3.24. The summed E-state index contributed by atoms with van der Waals surface area (Å²) in [7, 11) is 0. The molecule has 0 aliphatic carbocycles. The van der Waals surface area contributed by atoms with Crippen molar-refractivity contribution in [2.24, 2.45) is 0 Å². The summed E-state index contributed by atoms with van der Waals surface area (Å²) in [6.45, 7) is 3.76. The van der Waals surface area contributed by atoms with Crippen molar-refractivity contribution in [3.05, 3.63) is 114 Å². The monoisotopic (exact) mass is 537 g/mol. The van der Waals surface area contributed by atoms with Crippen molar-refractivity contribution in [3.8, 4) is 0 Å². The maximum atomic E-state index is 14.2. The molecule has 5 rings (SSSR count). The van der Waals surface area contributed by atoms with Crippen LogP contribution in [0.1, 0.15) is 41.8 Å². The Balaban J connectivity index is 1.51. The van der Waals surface area contributed by atoms with Gasteiger partial charge in [-0.05, 0) is 54.1 Å². The molecule has 0 radical (unpaired) electrons. The van der Waals surface area contributed by atoms with Gasteiger partial charge >= 0.3 is 0 Å². The van der Waals surface area contributed by atoms with Gasteiger partial charge in [0.25, 0.3) is 5.91 Å². The molecule has 0 fully saturated rings. The third-order valence-corrected chi connectivity index (χ3v) is 7.48. The summed E-state index contributed by atoms with van der Waals surface area (Å²) < 4.78 is 13.7. The van der Waals surface area contributed by atoms with Gasteiger partial charge in [-0.3, -0.25) is 19.3 Å². The molecule has 0 unspecified atom stereocenters. The summed E-state index contributed by atoms with van der Waals surface area (Å²) in [5.41, 5.74) is 2.82. The number of benzene rings is 4. The van der Waals surface area contributed by atoms with Crippen LogP contribution >= 0.6 is 0 Å². The Bertz CT molecular complexity index is 1530. The van der Waals surface area contributed by atoms with E-state index >= 15 is 0 Å². The van der Waals surface area contributed by atoms with Crippen molar-refractivity contribution in [1.82, 2.24) is 10.2 Å². The number of nitrogens with zero attached hydrogens (tertiary/aromatic N) is 2. The van der Waals surface area contributed by atoms with Gasteiger partial charge in [-0.15, -0.1) is 0 Å². The highest BCUT2D eigenvalue weighted by Gasteiger charge is 2.36. The summed E-state index contributed by atoms with van der Waals surface area (Å²) in [6.07, 6.45) is 1.03. The van der Waals surface area contributed by atoms with Crippen molar-refractivity contribution < 1.29 is 18.8 Å². The summed E-state index contributed by atoms with van der Waals surface area (Å²) in [5.74, 6) is -1.27. The first kappa shape index (κ1) is 27.1. The second kappa shape index (κ2) is 11.7. The zero-order chi connectivity index (χ0) is 28.2. The van der Waals surface area contributed by atoms with Crippen LogP contribution in [0, 0.1) is 5.82 Å². The molecule has 204 valence electrons. The van der Waals surface area contributed by atoms with Crippen molar-refractivity contribution in [2.45, 2.75) is 45.3 Å². The molecule has 0 spiro atoms. The van der Waals surface area contributed by atoms with Crippen molar-refractivity contribution >= 4 is 34.2 Å². The highest BCUT2D eigenvalue weighted by atomic mass is 19.1. The second-order valence-electron chi connectivity index (χ2n) is 10.2. The number of hydrogen-bond donors (Lipinski definition) is 1. The van der Waals surface area contributed by atoms with Crippen LogP contribution in [0.25, 0.3) is 10.8 Å². The predicted octanol–water partition coefficient (Wildman–Crippen LogP) is 5.49. The standard InChI is InChI=1S/C33H32FN3O3/c1-3-22(2)35-32(39)29(19-23-9-5-4-6-10-23)36(20-24-15-17-26(34)18-16-24)30(38)21-37-28-14-8-12-25-11-7-13-27(31(25)28)33(37)40/h4-18,22,29H,3,19-21H2,1-2H3,(H,35,39)/t22-,29-/m0/s1. The third kappa shape index (κ3) is 5.59.